The maximum atomic E-state index is 6.38. The van der Waals surface area contributed by atoms with Crippen LogP contribution in [-0.4, -0.2) is 0 Å². The van der Waals surface area contributed by atoms with Crippen LogP contribution in [0.3, 0.4) is 0 Å². The fourth-order valence-corrected chi connectivity index (χ4v) is 3.16. The van der Waals surface area contributed by atoms with Crippen LogP contribution in [0.25, 0.3) is 0 Å². The van der Waals surface area contributed by atoms with Gasteiger partial charge in [0, 0.05) is 8.04 Å². The molecule has 100 valence electrons. The van der Waals surface area contributed by atoms with Gasteiger partial charge in [-0.05, 0) is 63.9 Å². The zero-order valence-electron chi connectivity index (χ0n) is 10.9. The van der Waals surface area contributed by atoms with Gasteiger partial charge in [0.2, 0.25) is 0 Å². The Morgan fingerprint density at radius 1 is 1.16 bits per heavy atom. The van der Waals surface area contributed by atoms with Crippen molar-refractivity contribution in [3.8, 4) is 0 Å². The van der Waals surface area contributed by atoms with Crippen LogP contribution in [0.1, 0.15) is 36.1 Å². The Kier molecular flexibility index (Phi) is 5.42. The summed E-state index contributed by atoms with van der Waals surface area (Å²) in [5.74, 6) is 0. The molecule has 2 rings (SSSR count). The average molecular weight is 430 g/mol. The molecular formula is C16H17BrIN. The molecule has 0 aliphatic heterocycles. The minimum atomic E-state index is -0.0694. The monoisotopic (exact) mass is 429 g/mol. The zero-order valence-corrected chi connectivity index (χ0v) is 14.6. The highest BCUT2D eigenvalue weighted by atomic mass is 127. The van der Waals surface area contributed by atoms with E-state index in [1.807, 2.05) is 6.07 Å². The van der Waals surface area contributed by atoms with E-state index in [0.29, 0.717) is 0 Å². The Labute approximate surface area is 136 Å². The second kappa shape index (κ2) is 6.86. The van der Waals surface area contributed by atoms with E-state index in [1.165, 1.54) is 21.1 Å². The fraction of sp³-hybridized carbons (Fsp3) is 0.250. The summed E-state index contributed by atoms with van der Waals surface area (Å²) in [5.41, 5.74) is 10.1. The molecule has 0 amide bonds. The molecule has 1 nitrogen and oxygen atoms in total. The highest BCUT2D eigenvalue weighted by molar-refractivity contribution is 14.1. The van der Waals surface area contributed by atoms with Gasteiger partial charge in [0.15, 0.2) is 0 Å². The van der Waals surface area contributed by atoms with Gasteiger partial charge in [0.25, 0.3) is 0 Å². The van der Waals surface area contributed by atoms with E-state index in [4.69, 9.17) is 5.73 Å². The van der Waals surface area contributed by atoms with Gasteiger partial charge in [-0.25, -0.2) is 0 Å². The molecule has 0 saturated carbocycles. The Morgan fingerprint density at radius 3 is 2.47 bits per heavy atom. The largest absolute Gasteiger partial charge is 0.320 e. The summed E-state index contributed by atoms with van der Waals surface area (Å²) >= 11 is 5.85. The molecule has 1 atom stereocenters. The molecule has 0 aliphatic carbocycles. The molecule has 0 aromatic heterocycles. The number of benzene rings is 2. The lowest BCUT2D eigenvalue weighted by molar-refractivity contribution is 0.859. The van der Waals surface area contributed by atoms with Gasteiger partial charge in [-0.2, -0.15) is 0 Å². The van der Waals surface area contributed by atoms with Crippen molar-refractivity contribution in [1.82, 2.24) is 0 Å². The van der Waals surface area contributed by atoms with E-state index in [2.05, 4.69) is 81.8 Å². The van der Waals surface area contributed by atoms with Gasteiger partial charge >= 0.3 is 0 Å². The standard InChI is InChI=1S/C16H17BrIN/c1-2-3-11-4-6-12(7-5-11)16(19)14-10-13(17)8-9-15(14)18/h4-10,16H,2-3,19H2,1H3. The van der Waals surface area contributed by atoms with E-state index < -0.39 is 0 Å². The molecule has 0 spiro atoms. The van der Waals surface area contributed by atoms with Crippen LogP contribution in [0.2, 0.25) is 0 Å². The summed E-state index contributed by atoms with van der Waals surface area (Å²) in [5, 5.41) is 0. The Bertz CT molecular complexity index is 551. The molecule has 3 heteroatoms. The smallest absolute Gasteiger partial charge is 0.0562 e. The first-order valence-electron chi connectivity index (χ1n) is 6.41. The van der Waals surface area contributed by atoms with Crippen molar-refractivity contribution in [2.75, 3.05) is 0 Å². The molecule has 19 heavy (non-hydrogen) atoms. The minimum absolute atomic E-state index is 0.0694. The molecule has 2 aromatic rings. The number of aryl methyl sites for hydroxylation is 1. The van der Waals surface area contributed by atoms with Crippen molar-refractivity contribution >= 4 is 38.5 Å². The zero-order chi connectivity index (χ0) is 13.8. The van der Waals surface area contributed by atoms with Gasteiger partial charge in [0.05, 0.1) is 6.04 Å². The molecule has 0 heterocycles. The van der Waals surface area contributed by atoms with E-state index >= 15 is 0 Å². The number of halogens is 2. The third kappa shape index (κ3) is 3.80. The molecular weight excluding hydrogens is 413 g/mol. The van der Waals surface area contributed by atoms with E-state index in [1.54, 1.807) is 0 Å². The summed E-state index contributed by atoms with van der Waals surface area (Å²) in [6, 6.07) is 14.8. The van der Waals surface area contributed by atoms with Crippen molar-refractivity contribution in [2.45, 2.75) is 25.8 Å². The lowest BCUT2D eigenvalue weighted by Crippen LogP contribution is -2.13. The Hall–Kier alpha value is -0.390. The van der Waals surface area contributed by atoms with Crippen LogP contribution in [-0.2, 0) is 6.42 Å². The van der Waals surface area contributed by atoms with Crippen LogP contribution in [0.15, 0.2) is 46.9 Å². The molecule has 0 bridgehead atoms. The first-order valence-corrected chi connectivity index (χ1v) is 8.28. The van der Waals surface area contributed by atoms with Crippen LogP contribution in [0.4, 0.5) is 0 Å². The Balaban J connectivity index is 2.27. The summed E-state index contributed by atoms with van der Waals surface area (Å²) in [6.45, 7) is 2.20. The van der Waals surface area contributed by atoms with Gasteiger partial charge in [-0.15, -0.1) is 0 Å². The van der Waals surface area contributed by atoms with Gasteiger partial charge in [-0.3, -0.25) is 0 Å². The summed E-state index contributed by atoms with van der Waals surface area (Å²) in [4.78, 5) is 0. The molecule has 2 aromatic carbocycles. The summed E-state index contributed by atoms with van der Waals surface area (Å²) < 4.78 is 2.27. The molecule has 0 saturated heterocycles. The molecule has 2 N–H and O–H groups in total. The molecule has 0 radical (unpaired) electrons. The van der Waals surface area contributed by atoms with Crippen LogP contribution in [0.5, 0.6) is 0 Å². The average Bonchev–Trinajstić information content (AvgIpc) is 2.42. The molecule has 0 aliphatic rings. The minimum Gasteiger partial charge on any atom is -0.320 e. The SMILES string of the molecule is CCCc1ccc(C(N)c2cc(Br)ccc2I)cc1. The van der Waals surface area contributed by atoms with Crippen LogP contribution < -0.4 is 5.73 Å². The van der Waals surface area contributed by atoms with Gasteiger partial charge in [0.1, 0.15) is 0 Å². The van der Waals surface area contributed by atoms with Gasteiger partial charge < -0.3 is 5.73 Å². The topological polar surface area (TPSA) is 26.0 Å². The quantitative estimate of drug-likeness (QED) is 0.675. The Morgan fingerprint density at radius 2 is 1.84 bits per heavy atom. The maximum Gasteiger partial charge on any atom is 0.0562 e. The molecule has 1 unspecified atom stereocenters. The van der Waals surface area contributed by atoms with E-state index in [-0.39, 0.29) is 6.04 Å². The van der Waals surface area contributed by atoms with Crippen molar-refractivity contribution in [2.24, 2.45) is 5.73 Å². The summed E-state index contributed by atoms with van der Waals surface area (Å²) in [7, 11) is 0. The van der Waals surface area contributed by atoms with Crippen molar-refractivity contribution in [3.05, 3.63) is 67.2 Å². The highest BCUT2D eigenvalue weighted by Gasteiger charge is 2.12. The first-order chi connectivity index (χ1) is 9.11. The second-order valence-corrected chi connectivity index (χ2v) is 6.71. The van der Waals surface area contributed by atoms with Crippen LogP contribution >= 0.6 is 38.5 Å². The number of nitrogens with two attached hydrogens (primary N) is 1. The third-order valence-corrected chi connectivity index (χ3v) is 4.65. The lowest BCUT2D eigenvalue weighted by Gasteiger charge is -2.15. The first kappa shape index (κ1) is 15.0. The second-order valence-electron chi connectivity index (χ2n) is 4.64. The van der Waals surface area contributed by atoms with Crippen molar-refractivity contribution in [3.63, 3.8) is 0 Å². The predicted molar refractivity (Wildman–Crippen MR) is 93.3 cm³/mol. The molecule has 0 fully saturated rings. The van der Waals surface area contributed by atoms with Gasteiger partial charge in [-0.1, -0.05) is 53.5 Å². The van der Waals surface area contributed by atoms with E-state index in [0.717, 1.165) is 16.5 Å². The summed E-state index contributed by atoms with van der Waals surface area (Å²) in [6.07, 6.45) is 2.30. The van der Waals surface area contributed by atoms with E-state index in [9.17, 15) is 0 Å². The van der Waals surface area contributed by atoms with Crippen molar-refractivity contribution < 1.29 is 0 Å². The van der Waals surface area contributed by atoms with Crippen LogP contribution in [0, 0.1) is 3.57 Å². The number of rotatable bonds is 4. The normalized spacial score (nSPS) is 12.4. The number of hydrogen-bond donors (Lipinski definition) is 1. The highest BCUT2D eigenvalue weighted by Crippen LogP contribution is 2.27. The third-order valence-electron chi connectivity index (χ3n) is 3.17. The predicted octanol–water partition coefficient (Wildman–Crippen LogP) is 5.05. The maximum absolute atomic E-state index is 6.38. The fourth-order valence-electron chi connectivity index (χ4n) is 2.11. The lowest BCUT2D eigenvalue weighted by atomic mass is 9.98. The number of hydrogen-bond acceptors (Lipinski definition) is 1. The van der Waals surface area contributed by atoms with Crippen molar-refractivity contribution in [1.29, 1.82) is 0 Å².